The predicted molar refractivity (Wildman–Crippen MR) is 130 cm³/mol. The maximum Gasteiger partial charge on any atom is 0.293 e. The van der Waals surface area contributed by atoms with Crippen molar-refractivity contribution in [3.8, 4) is 28.4 Å². The minimum atomic E-state index is -0.407. The topological polar surface area (TPSA) is 87.1 Å². The van der Waals surface area contributed by atoms with Crippen LogP contribution in [0.25, 0.3) is 17.2 Å². The van der Waals surface area contributed by atoms with Gasteiger partial charge in [-0.3, -0.25) is 14.5 Å². The standard InChI is InChI=1S/C24H17Cl2NO5S/c1-32-21-7-3-13(8-16(21)15-4-6-19(28)20(29)11-15)10-22-23(30)27(24(31)33-22)12-14-2-5-17(25)18(26)9-14/h2-11,28-29H,12H2,1H3/b22-10+. The summed E-state index contributed by atoms with van der Waals surface area (Å²) in [7, 11) is 1.52. The van der Waals surface area contributed by atoms with Gasteiger partial charge in [-0.2, -0.15) is 0 Å². The van der Waals surface area contributed by atoms with Crippen molar-refractivity contribution in [1.82, 2.24) is 4.90 Å². The number of hydrogen-bond donors (Lipinski definition) is 2. The fourth-order valence-electron chi connectivity index (χ4n) is 3.34. The number of amides is 2. The summed E-state index contributed by atoms with van der Waals surface area (Å²) >= 11 is 12.8. The van der Waals surface area contributed by atoms with Crippen molar-refractivity contribution in [1.29, 1.82) is 0 Å². The number of ether oxygens (including phenoxy) is 1. The number of aromatic hydroxyl groups is 2. The van der Waals surface area contributed by atoms with Gasteiger partial charge in [-0.1, -0.05) is 41.4 Å². The van der Waals surface area contributed by atoms with Gasteiger partial charge < -0.3 is 14.9 Å². The van der Waals surface area contributed by atoms with Crippen LogP contribution < -0.4 is 4.74 Å². The van der Waals surface area contributed by atoms with Crippen LogP contribution in [-0.4, -0.2) is 33.4 Å². The molecule has 0 aliphatic carbocycles. The lowest BCUT2D eigenvalue weighted by Gasteiger charge is -2.13. The zero-order chi connectivity index (χ0) is 23.7. The molecule has 3 aromatic rings. The summed E-state index contributed by atoms with van der Waals surface area (Å²) < 4.78 is 5.41. The molecule has 0 radical (unpaired) electrons. The molecule has 1 saturated heterocycles. The molecule has 0 atom stereocenters. The molecular formula is C24H17Cl2NO5S. The number of methoxy groups -OCH3 is 1. The Kier molecular flexibility index (Phi) is 6.56. The summed E-state index contributed by atoms with van der Waals surface area (Å²) in [6.45, 7) is 0.0829. The Morgan fingerprint density at radius 1 is 0.970 bits per heavy atom. The number of phenolic OH excluding ortho intramolecular Hbond substituents is 2. The van der Waals surface area contributed by atoms with E-state index in [1.807, 2.05) is 0 Å². The number of phenols is 2. The summed E-state index contributed by atoms with van der Waals surface area (Å²) in [5.41, 5.74) is 2.62. The molecular weight excluding hydrogens is 485 g/mol. The Bertz CT molecular complexity index is 1310. The van der Waals surface area contributed by atoms with Crippen molar-refractivity contribution >= 4 is 52.2 Å². The molecule has 1 heterocycles. The van der Waals surface area contributed by atoms with Crippen LogP contribution in [0.1, 0.15) is 11.1 Å². The minimum Gasteiger partial charge on any atom is -0.504 e. The van der Waals surface area contributed by atoms with Crippen LogP contribution in [0.3, 0.4) is 0 Å². The summed E-state index contributed by atoms with van der Waals surface area (Å²) in [4.78, 5) is 26.8. The number of carbonyl (C=O) groups excluding carboxylic acids is 2. The lowest BCUT2D eigenvalue weighted by atomic mass is 10.0. The van der Waals surface area contributed by atoms with E-state index in [1.165, 1.54) is 19.2 Å². The van der Waals surface area contributed by atoms with Crippen LogP contribution in [0.2, 0.25) is 10.0 Å². The van der Waals surface area contributed by atoms with Crippen molar-refractivity contribution in [3.63, 3.8) is 0 Å². The van der Waals surface area contributed by atoms with E-state index in [4.69, 9.17) is 27.9 Å². The number of nitrogens with zero attached hydrogens (tertiary/aromatic N) is 1. The molecule has 0 bridgehead atoms. The first-order valence-electron chi connectivity index (χ1n) is 9.66. The first-order valence-corrected chi connectivity index (χ1v) is 11.2. The second kappa shape index (κ2) is 9.39. The highest BCUT2D eigenvalue weighted by atomic mass is 35.5. The first kappa shape index (κ1) is 23.0. The number of carbonyl (C=O) groups is 2. The van der Waals surface area contributed by atoms with Crippen LogP contribution in [-0.2, 0) is 11.3 Å². The zero-order valence-corrected chi connectivity index (χ0v) is 19.5. The van der Waals surface area contributed by atoms with Gasteiger partial charge in [-0.25, -0.2) is 0 Å². The average molecular weight is 502 g/mol. The lowest BCUT2D eigenvalue weighted by Crippen LogP contribution is -2.27. The summed E-state index contributed by atoms with van der Waals surface area (Å²) in [5, 5.41) is 19.8. The van der Waals surface area contributed by atoms with E-state index in [0.717, 1.165) is 16.7 Å². The third-order valence-corrected chi connectivity index (χ3v) is 6.65. The van der Waals surface area contributed by atoms with Crippen LogP contribution in [0.5, 0.6) is 17.2 Å². The average Bonchev–Trinajstić information content (AvgIpc) is 3.05. The number of imide groups is 1. The Hall–Kier alpha value is -3.13. The zero-order valence-electron chi connectivity index (χ0n) is 17.2. The van der Waals surface area contributed by atoms with Gasteiger partial charge in [0, 0.05) is 5.56 Å². The number of halogens is 2. The smallest absolute Gasteiger partial charge is 0.293 e. The first-order chi connectivity index (χ1) is 15.8. The number of rotatable bonds is 5. The molecule has 0 unspecified atom stereocenters. The second-order valence-corrected chi connectivity index (χ2v) is 8.99. The maximum atomic E-state index is 12.9. The van der Waals surface area contributed by atoms with Gasteiger partial charge in [0.2, 0.25) is 0 Å². The molecule has 1 aliphatic rings. The monoisotopic (exact) mass is 501 g/mol. The molecule has 6 nitrogen and oxygen atoms in total. The van der Waals surface area contributed by atoms with E-state index in [9.17, 15) is 19.8 Å². The van der Waals surface area contributed by atoms with Crippen molar-refractivity contribution in [2.75, 3.05) is 7.11 Å². The molecule has 2 amide bonds. The maximum absolute atomic E-state index is 12.9. The SMILES string of the molecule is COc1ccc(/C=C2/SC(=O)N(Cc3ccc(Cl)c(Cl)c3)C2=O)cc1-c1ccc(O)c(O)c1. The van der Waals surface area contributed by atoms with E-state index < -0.39 is 5.91 Å². The normalized spacial score (nSPS) is 14.9. The highest BCUT2D eigenvalue weighted by Gasteiger charge is 2.35. The summed E-state index contributed by atoms with van der Waals surface area (Å²) in [5.74, 6) is -0.353. The second-order valence-electron chi connectivity index (χ2n) is 7.18. The van der Waals surface area contributed by atoms with Gasteiger partial charge in [0.15, 0.2) is 11.5 Å². The molecule has 168 valence electrons. The van der Waals surface area contributed by atoms with Crippen molar-refractivity contribution in [2.24, 2.45) is 0 Å². The third-order valence-electron chi connectivity index (χ3n) is 5.01. The summed E-state index contributed by atoms with van der Waals surface area (Å²) in [6, 6.07) is 14.7. The van der Waals surface area contributed by atoms with Crippen molar-refractivity contribution < 1.29 is 24.5 Å². The predicted octanol–water partition coefficient (Wildman–Crippen LogP) is 6.32. The molecule has 9 heteroatoms. The molecule has 1 fully saturated rings. The van der Waals surface area contributed by atoms with Gasteiger partial charge in [-0.15, -0.1) is 0 Å². The minimum absolute atomic E-state index is 0.0829. The number of benzene rings is 3. The molecule has 0 aromatic heterocycles. The van der Waals surface area contributed by atoms with Gasteiger partial charge in [0.05, 0.1) is 28.6 Å². The number of thioether (sulfide) groups is 1. The quantitative estimate of drug-likeness (QED) is 0.314. The van der Waals surface area contributed by atoms with E-state index in [2.05, 4.69) is 0 Å². The Morgan fingerprint density at radius 2 is 1.76 bits per heavy atom. The van der Waals surface area contributed by atoms with Gasteiger partial charge >= 0.3 is 0 Å². The van der Waals surface area contributed by atoms with Crippen LogP contribution in [0.4, 0.5) is 4.79 Å². The molecule has 0 spiro atoms. The Labute approximate surface area is 204 Å². The molecule has 3 aromatic carbocycles. The lowest BCUT2D eigenvalue weighted by molar-refractivity contribution is -0.123. The fourth-order valence-corrected chi connectivity index (χ4v) is 4.50. The van der Waals surface area contributed by atoms with E-state index >= 15 is 0 Å². The van der Waals surface area contributed by atoms with Gasteiger partial charge in [0.25, 0.3) is 11.1 Å². The molecule has 1 aliphatic heterocycles. The highest BCUT2D eigenvalue weighted by Crippen LogP contribution is 2.38. The molecule has 2 N–H and O–H groups in total. The highest BCUT2D eigenvalue weighted by molar-refractivity contribution is 8.18. The molecule has 4 rings (SSSR count). The van der Waals surface area contributed by atoms with Crippen LogP contribution >= 0.6 is 35.0 Å². The van der Waals surface area contributed by atoms with Crippen LogP contribution in [0.15, 0.2) is 59.5 Å². The molecule has 33 heavy (non-hydrogen) atoms. The van der Waals surface area contributed by atoms with E-state index in [1.54, 1.807) is 48.5 Å². The summed E-state index contributed by atoms with van der Waals surface area (Å²) in [6.07, 6.45) is 1.63. The van der Waals surface area contributed by atoms with E-state index in [0.29, 0.717) is 38.0 Å². The number of hydrogen-bond acceptors (Lipinski definition) is 6. The van der Waals surface area contributed by atoms with Crippen molar-refractivity contribution in [3.05, 3.63) is 80.7 Å². The Balaban J connectivity index is 1.63. The van der Waals surface area contributed by atoms with Crippen LogP contribution in [0, 0.1) is 0 Å². The largest absolute Gasteiger partial charge is 0.504 e. The Morgan fingerprint density at radius 3 is 2.45 bits per heavy atom. The fraction of sp³-hybridized carbons (Fsp3) is 0.0833. The van der Waals surface area contributed by atoms with E-state index in [-0.39, 0.29) is 28.2 Å². The van der Waals surface area contributed by atoms with Gasteiger partial charge in [0.1, 0.15) is 5.75 Å². The van der Waals surface area contributed by atoms with Gasteiger partial charge in [-0.05, 0) is 70.9 Å². The molecule has 0 saturated carbocycles. The van der Waals surface area contributed by atoms with Crippen molar-refractivity contribution in [2.45, 2.75) is 6.54 Å². The third kappa shape index (κ3) is 4.80.